The Hall–Kier alpha value is -2.68. The van der Waals surface area contributed by atoms with Crippen molar-refractivity contribution in [3.05, 3.63) is 70.3 Å². The molecule has 1 saturated heterocycles. The van der Waals surface area contributed by atoms with Gasteiger partial charge in [-0.05, 0) is 55.6 Å². The molecule has 0 saturated carbocycles. The first-order valence-corrected chi connectivity index (χ1v) is 13.0. The molecule has 3 aromatic carbocycles. The summed E-state index contributed by atoms with van der Waals surface area (Å²) in [6.07, 6.45) is 2.43. The molecule has 1 aromatic heterocycles. The van der Waals surface area contributed by atoms with Crippen molar-refractivity contribution >= 4 is 48.0 Å². The zero-order chi connectivity index (χ0) is 22.3. The van der Waals surface area contributed by atoms with Crippen LogP contribution in [0.25, 0.3) is 21.0 Å². The molecule has 1 aliphatic rings. The maximum absolute atomic E-state index is 13.5. The van der Waals surface area contributed by atoms with E-state index in [0.29, 0.717) is 16.9 Å². The summed E-state index contributed by atoms with van der Waals surface area (Å²) in [7, 11) is -2.21. The van der Waals surface area contributed by atoms with E-state index in [1.54, 1.807) is 29.8 Å². The molecule has 0 bridgehead atoms. The van der Waals surface area contributed by atoms with E-state index >= 15 is 0 Å². The van der Waals surface area contributed by atoms with Crippen LogP contribution < -0.4 is 9.18 Å². The van der Waals surface area contributed by atoms with Crippen molar-refractivity contribution in [3.63, 3.8) is 0 Å². The third-order valence-electron chi connectivity index (χ3n) is 6.24. The van der Waals surface area contributed by atoms with Crippen molar-refractivity contribution in [1.82, 2.24) is 9.47 Å². The number of hydrogen-bond donors (Lipinski definition) is 0. The number of anilines is 1. The van der Waals surface area contributed by atoms with E-state index in [-0.39, 0.29) is 9.77 Å². The van der Waals surface area contributed by atoms with Crippen molar-refractivity contribution in [2.45, 2.75) is 24.3 Å². The van der Waals surface area contributed by atoms with Crippen LogP contribution in [-0.2, 0) is 16.6 Å². The maximum Gasteiger partial charge on any atom is 0.308 e. The van der Waals surface area contributed by atoms with Crippen LogP contribution in [0.3, 0.4) is 0 Å². The second kappa shape index (κ2) is 8.35. The molecule has 4 aromatic rings. The largest absolute Gasteiger partial charge is 0.308 e. The number of nitrogens with zero attached hydrogens (tertiary/aromatic N) is 3. The van der Waals surface area contributed by atoms with Gasteiger partial charge in [0.15, 0.2) is 0 Å². The fourth-order valence-corrected chi connectivity index (χ4v) is 6.71. The van der Waals surface area contributed by atoms with Gasteiger partial charge in [-0.15, -0.1) is 0 Å². The van der Waals surface area contributed by atoms with Crippen LogP contribution in [0.1, 0.15) is 12.8 Å². The summed E-state index contributed by atoms with van der Waals surface area (Å²) < 4.78 is 30.7. The number of aromatic nitrogens is 1. The third-order valence-corrected chi connectivity index (χ3v) is 8.95. The van der Waals surface area contributed by atoms with Gasteiger partial charge < -0.3 is 4.90 Å². The highest BCUT2D eigenvalue weighted by Gasteiger charge is 2.24. The lowest BCUT2D eigenvalue weighted by atomic mass is 10.1. The Labute approximate surface area is 191 Å². The lowest BCUT2D eigenvalue weighted by molar-refractivity contribution is 0.323. The van der Waals surface area contributed by atoms with E-state index in [2.05, 4.69) is 4.90 Å². The van der Waals surface area contributed by atoms with E-state index in [4.69, 9.17) is 0 Å². The quantitative estimate of drug-likeness (QED) is 0.428. The van der Waals surface area contributed by atoms with Crippen molar-refractivity contribution in [3.8, 4) is 0 Å². The molecule has 1 aliphatic heterocycles. The molecule has 6 nitrogen and oxygen atoms in total. The number of hydrogen-bond acceptors (Lipinski definition) is 5. The van der Waals surface area contributed by atoms with Crippen molar-refractivity contribution in [2.24, 2.45) is 0 Å². The van der Waals surface area contributed by atoms with Crippen molar-refractivity contribution in [2.75, 3.05) is 31.0 Å². The van der Waals surface area contributed by atoms with Crippen LogP contribution in [0, 0.1) is 0 Å². The summed E-state index contributed by atoms with van der Waals surface area (Å²) in [5, 5.41) is 1.86. The fourth-order valence-electron chi connectivity index (χ4n) is 4.44. The number of fused-ring (bicyclic) bond motifs is 2. The molecule has 5 rings (SSSR count). The van der Waals surface area contributed by atoms with Gasteiger partial charge in [0.25, 0.3) is 10.0 Å². The van der Waals surface area contributed by atoms with Crippen LogP contribution in [0.5, 0.6) is 0 Å². The van der Waals surface area contributed by atoms with Gasteiger partial charge in [0, 0.05) is 25.5 Å². The van der Waals surface area contributed by atoms with Crippen molar-refractivity contribution < 1.29 is 8.42 Å². The van der Waals surface area contributed by atoms with Gasteiger partial charge >= 0.3 is 4.87 Å². The van der Waals surface area contributed by atoms with E-state index < -0.39 is 10.0 Å². The minimum atomic E-state index is -3.78. The smallest absolute Gasteiger partial charge is 0.302 e. The Morgan fingerprint density at radius 2 is 1.72 bits per heavy atom. The SMILES string of the molecule is CN(c1cccc2ccccc12)S(=O)(=O)c1ccc2c(c1)sc(=O)n2CCN1CCCC1. The predicted octanol–water partition coefficient (Wildman–Crippen LogP) is 4.14. The highest BCUT2D eigenvalue weighted by molar-refractivity contribution is 7.92. The molecule has 0 radical (unpaired) electrons. The third kappa shape index (κ3) is 3.72. The van der Waals surface area contributed by atoms with Crippen LogP contribution in [0.4, 0.5) is 5.69 Å². The Morgan fingerprint density at radius 1 is 0.969 bits per heavy atom. The van der Waals surface area contributed by atoms with Gasteiger partial charge in [0.1, 0.15) is 0 Å². The minimum absolute atomic E-state index is 0.0452. The summed E-state index contributed by atoms with van der Waals surface area (Å²) in [6.45, 7) is 3.63. The van der Waals surface area contributed by atoms with E-state index in [1.807, 2.05) is 42.5 Å². The molecule has 32 heavy (non-hydrogen) atoms. The average Bonchev–Trinajstić information content (AvgIpc) is 3.43. The Kier molecular flexibility index (Phi) is 5.53. The topological polar surface area (TPSA) is 62.6 Å². The predicted molar refractivity (Wildman–Crippen MR) is 131 cm³/mol. The average molecular weight is 468 g/mol. The van der Waals surface area contributed by atoms with Crippen LogP contribution in [-0.4, -0.2) is 44.6 Å². The molecule has 8 heteroatoms. The molecular weight excluding hydrogens is 442 g/mol. The first-order valence-electron chi connectivity index (χ1n) is 10.8. The molecule has 0 unspecified atom stereocenters. The van der Waals surface area contributed by atoms with E-state index in [0.717, 1.165) is 47.3 Å². The molecule has 166 valence electrons. The molecule has 1 fully saturated rings. The lowest BCUT2D eigenvalue weighted by Crippen LogP contribution is -2.27. The van der Waals surface area contributed by atoms with E-state index in [9.17, 15) is 13.2 Å². The number of sulfonamides is 1. The maximum atomic E-state index is 13.5. The molecule has 0 aliphatic carbocycles. The molecule has 0 atom stereocenters. The number of thiazole rings is 1. The molecule has 0 spiro atoms. The molecule has 2 heterocycles. The molecule has 0 amide bonds. The lowest BCUT2D eigenvalue weighted by Gasteiger charge is -2.21. The highest BCUT2D eigenvalue weighted by atomic mass is 32.2. The van der Waals surface area contributed by atoms with Gasteiger partial charge in [0.2, 0.25) is 0 Å². The monoisotopic (exact) mass is 467 g/mol. The summed E-state index contributed by atoms with van der Waals surface area (Å²) >= 11 is 1.11. The van der Waals surface area contributed by atoms with Crippen LogP contribution >= 0.6 is 11.3 Å². The number of rotatable bonds is 6. The van der Waals surface area contributed by atoms with Gasteiger partial charge in [-0.2, -0.15) is 0 Å². The Morgan fingerprint density at radius 3 is 2.53 bits per heavy atom. The first-order chi connectivity index (χ1) is 15.4. The summed E-state index contributed by atoms with van der Waals surface area (Å²) in [6, 6.07) is 18.4. The molecular formula is C24H25N3O3S2. The minimum Gasteiger partial charge on any atom is -0.302 e. The Balaban J connectivity index is 1.48. The zero-order valence-electron chi connectivity index (χ0n) is 17.9. The van der Waals surface area contributed by atoms with Gasteiger partial charge in [0.05, 0.1) is 20.8 Å². The Bertz CT molecular complexity index is 1450. The van der Waals surface area contributed by atoms with Crippen LogP contribution in [0.2, 0.25) is 0 Å². The van der Waals surface area contributed by atoms with Crippen molar-refractivity contribution in [1.29, 1.82) is 0 Å². The second-order valence-electron chi connectivity index (χ2n) is 8.17. The molecule has 0 N–H and O–H groups in total. The highest BCUT2D eigenvalue weighted by Crippen LogP contribution is 2.31. The zero-order valence-corrected chi connectivity index (χ0v) is 19.5. The number of likely N-dealkylation sites (tertiary alicyclic amines) is 1. The standard InChI is InChI=1S/C24H25N3O3S2/c1-25(21-10-6-8-18-7-2-3-9-20(18)21)32(29,30)19-11-12-22-23(17-19)31-24(28)27(22)16-15-26-13-4-5-14-26/h2-3,6-12,17H,4-5,13-16H2,1H3. The fraction of sp³-hybridized carbons (Fsp3) is 0.292. The number of benzene rings is 3. The first kappa shape index (κ1) is 21.2. The summed E-state index contributed by atoms with van der Waals surface area (Å²) in [5.74, 6) is 0. The normalized spacial score (nSPS) is 15.0. The van der Waals surface area contributed by atoms with Gasteiger partial charge in [-0.1, -0.05) is 47.7 Å². The van der Waals surface area contributed by atoms with Crippen LogP contribution in [0.15, 0.2) is 70.4 Å². The summed E-state index contributed by atoms with van der Waals surface area (Å²) in [5.41, 5.74) is 1.42. The van der Waals surface area contributed by atoms with E-state index in [1.165, 1.54) is 17.1 Å². The van der Waals surface area contributed by atoms with Gasteiger partial charge in [-0.25, -0.2) is 8.42 Å². The van der Waals surface area contributed by atoms with Gasteiger partial charge in [-0.3, -0.25) is 13.7 Å². The summed E-state index contributed by atoms with van der Waals surface area (Å²) in [4.78, 5) is 15.1. The second-order valence-corrected chi connectivity index (χ2v) is 11.1.